The summed E-state index contributed by atoms with van der Waals surface area (Å²) >= 11 is 7.10. The van der Waals surface area contributed by atoms with E-state index >= 15 is 0 Å². The van der Waals surface area contributed by atoms with Gasteiger partial charge in [-0.1, -0.05) is 63.9 Å². The van der Waals surface area contributed by atoms with Crippen LogP contribution < -0.4 is 20.3 Å². The summed E-state index contributed by atoms with van der Waals surface area (Å²) in [5.74, 6) is -0.712. The number of likely N-dealkylation sites (N-methyl/N-ethyl adjacent to an activating group) is 1. The first-order chi connectivity index (χ1) is 28.4. The highest BCUT2D eigenvalue weighted by Gasteiger charge is 2.68. The van der Waals surface area contributed by atoms with Gasteiger partial charge in [0.05, 0.1) is 26.1 Å². The van der Waals surface area contributed by atoms with Gasteiger partial charge in [-0.2, -0.15) is 0 Å². The second-order valence-corrected chi connectivity index (χ2v) is 20.1. The van der Waals surface area contributed by atoms with Crippen LogP contribution >= 0.6 is 33.2 Å². The Hall–Kier alpha value is -3.68. The predicted molar refractivity (Wildman–Crippen MR) is 235 cm³/mol. The number of benzene rings is 1. The number of hydrogen-bond acceptors (Lipinski definition) is 14. The summed E-state index contributed by atoms with van der Waals surface area (Å²) in [5, 5.41) is 15.2. The SMILES string of the molecule is COc1cc2cc(c1)N(C)C(=O)CC(OC(=O)[C@H](C)N(C)C(=O)CCSSCCNC(=O)OC(C)(C)C)C1(C)OC1C(C)C1(Cl)CC(O)(NC(=O)O1)C(OC)C=CC=C(C)C2. The molecule has 4 bridgehead atoms. The zero-order valence-corrected chi connectivity index (χ0v) is 39.2. The Kier molecular flexibility index (Phi) is 16.9. The fraction of sp³-hybridized carbons (Fsp3) is 0.643. The smallest absolute Gasteiger partial charge is 0.411 e. The monoisotopic (exact) mass is 912 g/mol. The lowest BCUT2D eigenvalue weighted by Gasteiger charge is -2.46. The largest absolute Gasteiger partial charge is 0.497 e. The van der Waals surface area contributed by atoms with E-state index in [4.69, 9.17) is 40.0 Å². The maximum Gasteiger partial charge on any atom is 0.411 e. The lowest BCUT2D eigenvalue weighted by atomic mass is 9.83. The molecule has 3 aliphatic heterocycles. The van der Waals surface area contributed by atoms with E-state index in [0.29, 0.717) is 35.9 Å². The minimum absolute atomic E-state index is 0.133. The Labute approximate surface area is 371 Å². The molecule has 340 valence electrons. The van der Waals surface area contributed by atoms with Gasteiger partial charge < -0.3 is 48.6 Å². The molecule has 1 aromatic carbocycles. The second-order valence-electron chi connectivity index (χ2n) is 16.8. The number of amides is 4. The summed E-state index contributed by atoms with van der Waals surface area (Å²) < 4.78 is 34.5. The van der Waals surface area contributed by atoms with Crippen LogP contribution in [0.25, 0.3) is 0 Å². The number of aliphatic hydroxyl groups is 1. The van der Waals surface area contributed by atoms with Gasteiger partial charge in [-0.05, 0) is 65.7 Å². The number of ether oxygens (including phenoxy) is 6. The molecule has 1 aromatic rings. The molecule has 16 nitrogen and oxygen atoms in total. The van der Waals surface area contributed by atoms with E-state index in [2.05, 4.69) is 10.6 Å². The van der Waals surface area contributed by atoms with Crippen LogP contribution in [0.3, 0.4) is 0 Å². The van der Waals surface area contributed by atoms with Crippen LogP contribution in [-0.4, -0.2) is 133 Å². The van der Waals surface area contributed by atoms with Gasteiger partial charge in [0.1, 0.15) is 35.2 Å². The Morgan fingerprint density at radius 2 is 1.85 bits per heavy atom. The van der Waals surface area contributed by atoms with E-state index < -0.39 is 76.3 Å². The fourth-order valence-electron chi connectivity index (χ4n) is 7.09. The number of halogens is 1. The predicted octanol–water partition coefficient (Wildman–Crippen LogP) is 5.72. The number of carbonyl (C=O) groups excluding carboxylic acids is 5. The van der Waals surface area contributed by atoms with Crippen molar-refractivity contribution in [2.75, 3.05) is 51.3 Å². The summed E-state index contributed by atoms with van der Waals surface area (Å²) in [6.07, 6.45) is 0.592. The summed E-state index contributed by atoms with van der Waals surface area (Å²) in [7, 11) is 9.00. The van der Waals surface area contributed by atoms with Gasteiger partial charge in [-0.3, -0.25) is 14.9 Å². The van der Waals surface area contributed by atoms with Crippen LogP contribution in [-0.2, 0) is 44.5 Å². The maximum absolute atomic E-state index is 14.2. The molecule has 4 amide bonds. The van der Waals surface area contributed by atoms with Gasteiger partial charge >= 0.3 is 18.2 Å². The van der Waals surface area contributed by atoms with Gasteiger partial charge in [-0.25, -0.2) is 14.4 Å². The van der Waals surface area contributed by atoms with E-state index in [1.807, 2.05) is 25.1 Å². The topological polar surface area (TPSA) is 195 Å². The first kappa shape index (κ1) is 50.0. The molecule has 3 heterocycles. The molecule has 3 aliphatic rings. The number of epoxide rings is 1. The molecule has 8 atom stereocenters. The van der Waals surface area contributed by atoms with Crippen molar-refractivity contribution in [1.29, 1.82) is 0 Å². The third-order valence-electron chi connectivity index (χ3n) is 10.8. The minimum atomic E-state index is -2.00. The Balaban J connectivity index is 1.55. The molecule has 7 unspecified atom stereocenters. The Morgan fingerprint density at radius 1 is 1.16 bits per heavy atom. The molecule has 4 rings (SSSR count). The minimum Gasteiger partial charge on any atom is -0.497 e. The molecule has 61 heavy (non-hydrogen) atoms. The molecular weight excluding hydrogens is 852 g/mol. The van der Waals surface area contributed by atoms with Gasteiger partial charge in [0.25, 0.3) is 0 Å². The molecule has 2 saturated heterocycles. The second kappa shape index (κ2) is 20.7. The standard InChI is InChI=1S/C42H61ClN4O12S2/c1-25-13-12-14-31(55-11)42(53)24-41(43,59-38(52)45-42)26(2)35-40(7,57-35)32(23-34(49)47(9)29-20-28(19-25)21-30(22-29)54-10)56-36(50)27(3)46(8)33(48)15-17-60-61-18-16-44-37(51)58-39(4,5)6/h12-14,20-22,26-27,31-32,35,53H,15-19,23-24H2,1-11H3,(H,44,51)(H,45,52)/t26?,27-,31?,32?,35?,40?,41?,42?/m0/s1. The van der Waals surface area contributed by atoms with Crippen molar-refractivity contribution in [3.8, 4) is 5.75 Å². The van der Waals surface area contributed by atoms with Crippen LogP contribution in [0.4, 0.5) is 15.3 Å². The molecule has 19 heteroatoms. The number of rotatable bonds is 12. The summed E-state index contributed by atoms with van der Waals surface area (Å²) in [6.45, 7) is 12.6. The van der Waals surface area contributed by atoms with E-state index in [9.17, 15) is 29.1 Å². The van der Waals surface area contributed by atoms with Crippen LogP contribution in [0.5, 0.6) is 5.75 Å². The third-order valence-corrected chi connectivity index (χ3v) is 13.8. The van der Waals surface area contributed by atoms with E-state index in [0.717, 1.165) is 11.1 Å². The number of methoxy groups -OCH3 is 2. The summed E-state index contributed by atoms with van der Waals surface area (Å²) in [6, 6.07) is 4.42. The number of alkyl halides is 1. The van der Waals surface area contributed by atoms with Crippen molar-refractivity contribution in [2.45, 2.75) is 120 Å². The highest BCUT2D eigenvalue weighted by Crippen LogP contribution is 2.53. The molecule has 2 fully saturated rings. The number of alkyl carbamates (subject to hydrolysis) is 2. The highest BCUT2D eigenvalue weighted by molar-refractivity contribution is 8.76. The van der Waals surface area contributed by atoms with Crippen molar-refractivity contribution in [3.63, 3.8) is 0 Å². The first-order valence-electron chi connectivity index (χ1n) is 20.0. The zero-order valence-electron chi connectivity index (χ0n) is 36.8. The number of allylic oxidation sites excluding steroid dienone is 3. The van der Waals surface area contributed by atoms with Crippen LogP contribution in [0.1, 0.15) is 73.3 Å². The number of fused-ring (bicyclic) bond motifs is 5. The number of carbonyl (C=O) groups is 5. The van der Waals surface area contributed by atoms with Crippen molar-refractivity contribution in [3.05, 3.63) is 47.6 Å². The average molecular weight is 914 g/mol. The number of esters is 1. The quantitative estimate of drug-likeness (QED) is 0.0575. The van der Waals surface area contributed by atoms with Crippen molar-refractivity contribution < 1.29 is 57.5 Å². The van der Waals surface area contributed by atoms with Crippen molar-refractivity contribution >= 4 is 68.8 Å². The van der Waals surface area contributed by atoms with Crippen molar-refractivity contribution in [1.82, 2.24) is 15.5 Å². The average Bonchev–Trinajstić information content (AvgIpc) is 3.87. The van der Waals surface area contributed by atoms with Gasteiger partial charge in [0.2, 0.25) is 11.8 Å². The van der Waals surface area contributed by atoms with E-state index in [1.165, 1.54) is 59.6 Å². The van der Waals surface area contributed by atoms with E-state index in [1.54, 1.807) is 59.9 Å². The normalized spacial score (nSPS) is 28.6. The zero-order chi connectivity index (χ0) is 45.5. The molecule has 0 saturated carbocycles. The summed E-state index contributed by atoms with van der Waals surface area (Å²) in [5.41, 5.74) is -1.59. The highest BCUT2D eigenvalue weighted by atomic mass is 35.5. The van der Waals surface area contributed by atoms with Gasteiger partial charge in [0, 0.05) is 63.3 Å². The van der Waals surface area contributed by atoms with Crippen LogP contribution in [0.2, 0.25) is 0 Å². The Bertz CT molecular complexity index is 1850. The number of nitrogens with zero attached hydrogens (tertiary/aromatic N) is 2. The molecule has 0 aliphatic carbocycles. The lowest BCUT2D eigenvalue weighted by Crippen LogP contribution is -2.66. The first-order valence-corrected chi connectivity index (χ1v) is 22.9. The molecule has 0 aromatic heterocycles. The number of anilines is 1. The molecule has 0 spiro atoms. The fourth-order valence-corrected chi connectivity index (χ4v) is 9.36. The lowest BCUT2D eigenvalue weighted by molar-refractivity contribution is -0.162. The number of nitrogens with one attached hydrogen (secondary N) is 2. The summed E-state index contributed by atoms with van der Waals surface area (Å²) in [4.78, 5) is 68.9. The van der Waals surface area contributed by atoms with Gasteiger partial charge in [0.15, 0.2) is 10.8 Å². The van der Waals surface area contributed by atoms with E-state index in [-0.39, 0.29) is 25.2 Å². The molecule has 0 radical (unpaired) electrons. The molecular formula is C42H61ClN4O12S2. The van der Waals surface area contributed by atoms with Crippen LogP contribution in [0, 0.1) is 5.92 Å². The van der Waals surface area contributed by atoms with Crippen molar-refractivity contribution in [2.24, 2.45) is 5.92 Å². The molecule has 3 N–H and O–H groups in total. The van der Waals surface area contributed by atoms with Crippen LogP contribution in [0.15, 0.2) is 42.0 Å². The third kappa shape index (κ3) is 13.2. The van der Waals surface area contributed by atoms with Gasteiger partial charge in [-0.15, -0.1) is 0 Å². The maximum atomic E-state index is 14.2. The Morgan fingerprint density at radius 3 is 2.51 bits per heavy atom. The number of hydrogen-bond donors (Lipinski definition) is 3.